The second-order valence-corrected chi connectivity index (χ2v) is 6.13. The van der Waals surface area contributed by atoms with Crippen molar-refractivity contribution in [3.05, 3.63) is 53.6 Å². The molecule has 2 nitrogen and oxygen atoms in total. The zero-order valence-electron chi connectivity index (χ0n) is 12.0. The minimum Gasteiger partial charge on any atom is -0.289 e. The van der Waals surface area contributed by atoms with Crippen LogP contribution in [0.15, 0.2) is 53.1 Å². The van der Waals surface area contributed by atoms with Crippen LogP contribution in [0.4, 0.5) is 5.69 Å². The van der Waals surface area contributed by atoms with Gasteiger partial charge in [0.1, 0.15) is 0 Å². The van der Waals surface area contributed by atoms with Crippen molar-refractivity contribution in [1.29, 1.82) is 0 Å². The zero-order valence-corrected chi connectivity index (χ0v) is 12.0. The molecule has 1 heterocycles. The summed E-state index contributed by atoms with van der Waals surface area (Å²) in [6.07, 6.45) is 5.69. The molecule has 0 saturated heterocycles. The fraction of sp³-hybridized carbons (Fsp3) is 0.333. The van der Waals surface area contributed by atoms with Gasteiger partial charge in [-0.2, -0.15) is 0 Å². The Balaban J connectivity index is 2.07. The number of rotatable bonds is 1. The molecular formula is C18H19NO. The summed E-state index contributed by atoms with van der Waals surface area (Å²) in [6, 6.07) is 8.18. The van der Waals surface area contributed by atoms with Gasteiger partial charge in [-0.05, 0) is 30.0 Å². The number of ketones is 1. The van der Waals surface area contributed by atoms with Gasteiger partial charge in [-0.3, -0.25) is 9.79 Å². The Labute approximate surface area is 119 Å². The van der Waals surface area contributed by atoms with Gasteiger partial charge < -0.3 is 0 Å². The van der Waals surface area contributed by atoms with Gasteiger partial charge in [0.2, 0.25) is 0 Å². The van der Waals surface area contributed by atoms with E-state index in [1.807, 2.05) is 24.4 Å². The van der Waals surface area contributed by atoms with Gasteiger partial charge in [-0.15, -0.1) is 0 Å². The maximum atomic E-state index is 12.4. The predicted molar refractivity (Wildman–Crippen MR) is 82.6 cm³/mol. The maximum absolute atomic E-state index is 12.4. The van der Waals surface area contributed by atoms with Crippen molar-refractivity contribution < 1.29 is 4.79 Å². The van der Waals surface area contributed by atoms with Crippen molar-refractivity contribution >= 4 is 17.7 Å². The van der Waals surface area contributed by atoms with E-state index >= 15 is 0 Å². The van der Waals surface area contributed by atoms with E-state index in [2.05, 4.69) is 37.6 Å². The molecule has 2 heteroatoms. The molecule has 0 saturated carbocycles. The minimum atomic E-state index is -0.128. The molecule has 0 fully saturated rings. The summed E-state index contributed by atoms with van der Waals surface area (Å²) in [5.74, 6) is 0.141. The van der Waals surface area contributed by atoms with Crippen LogP contribution in [-0.2, 0) is 10.2 Å². The van der Waals surface area contributed by atoms with E-state index in [0.29, 0.717) is 0 Å². The van der Waals surface area contributed by atoms with Crippen LogP contribution in [0, 0.1) is 5.92 Å². The maximum Gasteiger partial charge on any atom is 0.184 e. The van der Waals surface area contributed by atoms with Crippen LogP contribution in [0.2, 0.25) is 0 Å². The molecule has 0 radical (unpaired) electrons. The average molecular weight is 265 g/mol. The number of allylic oxidation sites excluding steroid dienone is 3. The SMILES string of the molecule is C=C1CCC=C(C2C=Nc3ccccc3C2(C)C)C1=O. The van der Waals surface area contributed by atoms with Gasteiger partial charge in [0.15, 0.2) is 5.78 Å². The monoisotopic (exact) mass is 265 g/mol. The van der Waals surface area contributed by atoms with Crippen LogP contribution in [-0.4, -0.2) is 12.0 Å². The summed E-state index contributed by atoms with van der Waals surface area (Å²) >= 11 is 0. The normalized spacial score (nSPS) is 24.3. The van der Waals surface area contributed by atoms with Crippen molar-refractivity contribution in [2.75, 3.05) is 0 Å². The number of carbonyl (C=O) groups excluding carboxylic acids is 1. The number of Topliss-reactive ketones (excluding diaryl/α,β-unsaturated/α-hetero) is 1. The smallest absolute Gasteiger partial charge is 0.184 e. The number of nitrogens with zero attached hydrogens (tertiary/aromatic N) is 1. The molecule has 0 aromatic heterocycles. The molecular weight excluding hydrogens is 246 g/mol. The van der Waals surface area contributed by atoms with Crippen LogP contribution in [0.1, 0.15) is 32.3 Å². The van der Waals surface area contributed by atoms with Crippen LogP contribution >= 0.6 is 0 Å². The Hall–Kier alpha value is -1.96. The van der Waals surface area contributed by atoms with Crippen molar-refractivity contribution in [2.24, 2.45) is 10.9 Å². The molecule has 1 aromatic carbocycles. The summed E-state index contributed by atoms with van der Waals surface area (Å²) in [7, 11) is 0. The van der Waals surface area contributed by atoms with E-state index in [1.165, 1.54) is 5.56 Å². The Morgan fingerprint density at radius 2 is 2.05 bits per heavy atom. The number of hydrogen-bond donors (Lipinski definition) is 0. The Morgan fingerprint density at radius 3 is 2.85 bits per heavy atom. The zero-order chi connectivity index (χ0) is 14.3. The van der Waals surface area contributed by atoms with Crippen molar-refractivity contribution in [1.82, 2.24) is 0 Å². The Kier molecular flexibility index (Phi) is 2.97. The fourth-order valence-corrected chi connectivity index (χ4v) is 3.19. The molecule has 0 spiro atoms. The first-order valence-corrected chi connectivity index (χ1v) is 7.08. The Bertz CT molecular complexity index is 649. The molecule has 3 rings (SSSR count). The number of hydrogen-bond acceptors (Lipinski definition) is 2. The van der Waals surface area contributed by atoms with E-state index in [0.717, 1.165) is 29.7 Å². The third-order valence-electron chi connectivity index (χ3n) is 4.47. The largest absolute Gasteiger partial charge is 0.289 e. The number of carbonyl (C=O) groups is 1. The van der Waals surface area contributed by atoms with Crippen LogP contribution < -0.4 is 0 Å². The van der Waals surface area contributed by atoms with Crippen molar-refractivity contribution in [3.63, 3.8) is 0 Å². The first-order chi connectivity index (χ1) is 9.51. The third kappa shape index (κ3) is 1.87. The third-order valence-corrected chi connectivity index (χ3v) is 4.47. The van der Waals surface area contributed by atoms with E-state index in [-0.39, 0.29) is 17.1 Å². The average Bonchev–Trinajstić information content (AvgIpc) is 2.43. The van der Waals surface area contributed by atoms with Gasteiger partial charge in [0.25, 0.3) is 0 Å². The minimum absolute atomic E-state index is 0.0296. The lowest BCUT2D eigenvalue weighted by Gasteiger charge is -2.38. The second kappa shape index (κ2) is 4.55. The van der Waals surface area contributed by atoms with E-state index in [1.54, 1.807) is 0 Å². The highest BCUT2D eigenvalue weighted by molar-refractivity contribution is 6.11. The molecule has 20 heavy (non-hydrogen) atoms. The highest BCUT2D eigenvalue weighted by Gasteiger charge is 2.39. The fourth-order valence-electron chi connectivity index (χ4n) is 3.19. The lowest BCUT2D eigenvalue weighted by atomic mass is 9.66. The molecule has 0 bridgehead atoms. The summed E-state index contributed by atoms with van der Waals surface area (Å²) in [5.41, 5.74) is 3.68. The molecule has 1 unspecified atom stereocenters. The number of para-hydroxylation sites is 1. The molecule has 102 valence electrons. The van der Waals surface area contributed by atoms with Gasteiger partial charge in [-0.25, -0.2) is 0 Å². The number of benzene rings is 1. The molecule has 1 atom stereocenters. The molecule has 1 aliphatic carbocycles. The van der Waals surface area contributed by atoms with Gasteiger partial charge in [0, 0.05) is 23.1 Å². The summed E-state index contributed by atoms with van der Waals surface area (Å²) in [6.45, 7) is 8.27. The first-order valence-electron chi connectivity index (χ1n) is 7.08. The van der Waals surface area contributed by atoms with E-state index in [4.69, 9.17) is 0 Å². The summed E-state index contributed by atoms with van der Waals surface area (Å²) in [5, 5.41) is 0. The van der Waals surface area contributed by atoms with Crippen molar-refractivity contribution in [2.45, 2.75) is 32.1 Å². The van der Waals surface area contributed by atoms with Crippen LogP contribution in [0.25, 0.3) is 0 Å². The van der Waals surface area contributed by atoms with E-state index in [9.17, 15) is 4.79 Å². The molecule has 1 aliphatic heterocycles. The lowest BCUT2D eigenvalue weighted by Crippen LogP contribution is -2.36. The molecule has 0 amide bonds. The van der Waals surface area contributed by atoms with E-state index < -0.39 is 0 Å². The highest BCUT2D eigenvalue weighted by atomic mass is 16.1. The van der Waals surface area contributed by atoms with Gasteiger partial charge in [0.05, 0.1) is 5.69 Å². The number of fused-ring (bicyclic) bond motifs is 1. The number of aliphatic imine (C=N–C) groups is 1. The second-order valence-electron chi connectivity index (χ2n) is 6.13. The predicted octanol–water partition coefficient (Wildman–Crippen LogP) is 4.14. The van der Waals surface area contributed by atoms with Gasteiger partial charge in [-0.1, -0.05) is 44.7 Å². The molecule has 1 aromatic rings. The summed E-state index contributed by atoms with van der Waals surface area (Å²) in [4.78, 5) is 17.0. The van der Waals surface area contributed by atoms with Gasteiger partial charge >= 0.3 is 0 Å². The van der Waals surface area contributed by atoms with Crippen LogP contribution in [0.5, 0.6) is 0 Å². The standard InChI is InChI=1S/C18H19NO/c1-12-7-6-8-13(17(12)20)15-11-19-16-10-5-4-9-14(16)18(15,2)3/h4-5,8-11,15H,1,6-7H2,2-3H3. The first kappa shape index (κ1) is 13.0. The summed E-state index contributed by atoms with van der Waals surface area (Å²) < 4.78 is 0. The van der Waals surface area contributed by atoms with Crippen LogP contribution in [0.3, 0.4) is 0 Å². The highest BCUT2D eigenvalue weighted by Crippen LogP contribution is 2.44. The quantitative estimate of drug-likeness (QED) is 0.702. The lowest BCUT2D eigenvalue weighted by molar-refractivity contribution is -0.113. The van der Waals surface area contributed by atoms with Crippen molar-refractivity contribution in [3.8, 4) is 0 Å². The molecule has 2 aliphatic rings. The molecule has 0 N–H and O–H groups in total. The topological polar surface area (TPSA) is 29.4 Å². The Morgan fingerprint density at radius 1 is 1.30 bits per heavy atom.